The first-order valence-corrected chi connectivity index (χ1v) is 3.93. The smallest absolute Gasteiger partial charge is 0.233 e. The Morgan fingerprint density at radius 2 is 2.17 bits per heavy atom. The predicted octanol–water partition coefficient (Wildman–Crippen LogP) is 0.681. The first-order chi connectivity index (χ1) is 5.83. The number of carbonyl (C=O) groups is 1. The maximum Gasteiger partial charge on any atom is 0.233 e. The van der Waals surface area contributed by atoms with Crippen LogP contribution in [0.3, 0.4) is 0 Å². The molecule has 0 bridgehead atoms. The molecule has 0 saturated carbocycles. The van der Waals surface area contributed by atoms with Gasteiger partial charge in [-0.1, -0.05) is 18.2 Å². The van der Waals surface area contributed by atoms with Gasteiger partial charge in [0.2, 0.25) is 5.91 Å². The maximum absolute atomic E-state index is 11.3. The fraction of sp³-hybridized carbons (Fsp3) is 0.222. The van der Waals surface area contributed by atoms with Gasteiger partial charge >= 0.3 is 0 Å². The Bertz CT molecular complexity index is 322. The number of rotatable bonds is 1. The van der Waals surface area contributed by atoms with Crippen LogP contribution < -0.4 is 11.1 Å². The molecule has 1 unspecified atom stereocenters. The minimum Gasteiger partial charge on any atom is -0.329 e. The molecular weight excluding hydrogens is 152 g/mol. The normalized spacial score (nSPS) is 20.4. The number of nitrogens with two attached hydrogens (primary N) is 1. The van der Waals surface area contributed by atoms with Crippen molar-refractivity contribution in [1.82, 2.24) is 0 Å². The highest BCUT2D eigenvalue weighted by Crippen LogP contribution is 2.30. The van der Waals surface area contributed by atoms with E-state index >= 15 is 0 Å². The minimum absolute atomic E-state index is 0.0127. The van der Waals surface area contributed by atoms with Gasteiger partial charge in [-0.05, 0) is 11.6 Å². The molecule has 1 aliphatic rings. The number of benzene rings is 1. The Labute approximate surface area is 70.6 Å². The van der Waals surface area contributed by atoms with Crippen LogP contribution in [0.25, 0.3) is 0 Å². The summed E-state index contributed by atoms with van der Waals surface area (Å²) < 4.78 is 0. The van der Waals surface area contributed by atoms with Crippen LogP contribution in [0.2, 0.25) is 0 Å². The summed E-state index contributed by atoms with van der Waals surface area (Å²) in [6.07, 6.45) is 0. The van der Waals surface area contributed by atoms with Crippen molar-refractivity contribution < 1.29 is 4.79 Å². The average molecular weight is 162 g/mol. The van der Waals surface area contributed by atoms with E-state index in [-0.39, 0.29) is 11.8 Å². The number of fused-ring (bicyclic) bond motifs is 1. The number of anilines is 1. The molecule has 1 aliphatic heterocycles. The number of carbonyl (C=O) groups excluding carboxylic acids is 1. The third kappa shape index (κ3) is 0.905. The Morgan fingerprint density at radius 1 is 1.42 bits per heavy atom. The number of amides is 1. The van der Waals surface area contributed by atoms with Crippen LogP contribution in [-0.2, 0) is 4.79 Å². The fourth-order valence-corrected chi connectivity index (χ4v) is 1.51. The first-order valence-electron chi connectivity index (χ1n) is 3.93. The van der Waals surface area contributed by atoms with Crippen molar-refractivity contribution >= 4 is 11.6 Å². The molecule has 1 aromatic carbocycles. The molecule has 0 radical (unpaired) electrons. The number of nitrogens with one attached hydrogen (secondary N) is 1. The lowest BCUT2D eigenvalue weighted by Gasteiger charge is -2.02. The third-order valence-corrected chi connectivity index (χ3v) is 2.15. The van der Waals surface area contributed by atoms with E-state index in [1.54, 1.807) is 0 Å². The first kappa shape index (κ1) is 7.31. The van der Waals surface area contributed by atoms with Gasteiger partial charge in [0.1, 0.15) is 0 Å². The van der Waals surface area contributed by atoms with Gasteiger partial charge in [-0.3, -0.25) is 4.79 Å². The standard InChI is InChI=1S/C9H10N2O/c10-5-7-6-3-1-2-4-8(6)11-9(7)12/h1-4,7H,5,10H2,(H,11,12). The third-order valence-electron chi connectivity index (χ3n) is 2.15. The minimum atomic E-state index is -0.152. The number of hydrogen-bond acceptors (Lipinski definition) is 2. The van der Waals surface area contributed by atoms with E-state index in [2.05, 4.69) is 5.32 Å². The van der Waals surface area contributed by atoms with Crippen molar-refractivity contribution in [3.8, 4) is 0 Å². The zero-order valence-corrected chi connectivity index (χ0v) is 6.58. The lowest BCUT2D eigenvalue weighted by atomic mass is 10.0. The van der Waals surface area contributed by atoms with Crippen molar-refractivity contribution in [3.05, 3.63) is 29.8 Å². The molecular formula is C9H10N2O. The zero-order chi connectivity index (χ0) is 8.55. The molecule has 1 aromatic rings. The molecule has 1 atom stereocenters. The summed E-state index contributed by atoms with van der Waals surface area (Å²) in [7, 11) is 0. The van der Waals surface area contributed by atoms with Gasteiger partial charge in [0.15, 0.2) is 0 Å². The summed E-state index contributed by atoms with van der Waals surface area (Å²) in [5.74, 6) is -0.139. The van der Waals surface area contributed by atoms with Crippen LogP contribution in [0.1, 0.15) is 11.5 Å². The summed E-state index contributed by atoms with van der Waals surface area (Å²) in [6.45, 7) is 0.378. The molecule has 1 amide bonds. The highest BCUT2D eigenvalue weighted by molar-refractivity contribution is 6.02. The second-order valence-electron chi connectivity index (χ2n) is 2.86. The molecule has 1 heterocycles. The Morgan fingerprint density at radius 3 is 2.92 bits per heavy atom. The van der Waals surface area contributed by atoms with E-state index < -0.39 is 0 Å². The second kappa shape index (κ2) is 2.60. The number of hydrogen-bond donors (Lipinski definition) is 2. The van der Waals surface area contributed by atoms with Gasteiger partial charge in [0.05, 0.1) is 5.92 Å². The molecule has 0 saturated heterocycles. The molecule has 0 aromatic heterocycles. The van der Waals surface area contributed by atoms with Crippen molar-refractivity contribution in [2.45, 2.75) is 5.92 Å². The largest absolute Gasteiger partial charge is 0.329 e. The molecule has 0 fully saturated rings. The lowest BCUT2D eigenvalue weighted by molar-refractivity contribution is -0.116. The van der Waals surface area contributed by atoms with Gasteiger partial charge in [0, 0.05) is 12.2 Å². The Kier molecular flexibility index (Phi) is 1.59. The van der Waals surface area contributed by atoms with Gasteiger partial charge in [-0.25, -0.2) is 0 Å². The zero-order valence-electron chi connectivity index (χ0n) is 6.58. The van der Waals surface area contributed by atoms with Crippen LogP contribution in [0.4, 0.5) is 5.69 Å². The van der Waals surface area contributed by atoms with Gasteiger partial charge in [-0.2, -0.15) is 0 Å². The quantitative estimate of drug-likeness (QED) is 0.638. The van der Waals surface area contributed by atoms with E-state index in [1.165, 1.54) is 0 Å². The molecule has 62 valence electrons. The summed E-state index contributed by atoms with van der Waals surface area (Å²) in [5.41, 5.74) is 7.40. The van der Waals surface area contributed by atoms with E-state index in [4.69, 9.17) is 5.73 Å². The van der Waals surface area contributed by atoms with Crippen LogP contribution in [-0.4, -0.2) is 12.5 Å². The summed E-state index contributed by atoms with van der Waals surface area (Å²) in [4.78, 5) is 11.3. The van der Waals surface area contributed by atoms with E-state index in [0.717, 1.165) is 11.3 Å². The Hall–Kier alpha value is -1.35. The fourth-order valence-electron chi connectivity index (χ4n) is 1.51. The highest BCUT2D eigenvalue weighted by Gasteiger charge is 2.28. The predicted molar refractivity (Wildman–Crippen MR) is 46.9 cm³/mol. The van der Waals surface area contributed by atoms with E-state index in [9.17, 15) is 4.79 Å². The van der Waals surface area contributed by atoms with Crippen molar-refractivity contribution in [2.75, 3.05) is 11.9 Å². The van der Waals surface area contributed by atoms with Crippen LogP contribution in [0, 0.1) is 0 Å². The van der Waals surface area contributed by atoms with Crippen molar-refractivity contribution in [2.24, 2.45) is 5.73 Å². The summed E-state index contributed by atoms with van der Waals surface area (Å²) in [6, 6.07) is 7.65. The van der Waals surface area contributed by atoms with Crippen LogP contribution in [0.15, 0.2) is 24.3 Å². The molecule has 12 heavy (non-hydrogen) atoms. The van der Waals surface area contributed by atoms with Crippen molar-refractivity contribution in [3.63, 3.8) is 0 Å². The molecule has 3 heteroatoms. The topological polar surface area (TPSA) is 55.1 Å². The average Bonchev–Trinajstić information content (AvgIpc) is 2.40. The number of para-hydroxylation sites is 1. The molecule has 3 N–H and O–H groups in total. The van der Waals surface area contributed by atoms with Crippen LogP contribution in [0.5, 0.6) is 0 Å². The second-order valence-corrected chi connectivity index (χ2v) is 2.86. The van der Waals surface area contributed by atoms with Crippen molar-refractivity contribution in [1.29, 1.82) is 0 Å². The Balaban J connectivity index is 2.47. The van der Waals surface area contributed by atoms with Gasteiger partial charge in [-0.15, -0.1) is 0 Å². The van der Waals surface area contributed by atoms with E-state index in [1.807, 2.05) is 24.3 Å². The monoisotopic (exact) mass is 162 g/mol. The summed E-state index contributed by atoms with van der Waals surface area (Å²) in [5, 5.41) is 2.78. The highest BCUT2D eigenvalue weighted by atomic mass is 16.2. The lowest BCUT2D eigenvalue weighted by Crippen LogP contribution is -2.20. The van der Waals surface area contributed by atoms with E-state index in [0.29, 0.717) is 6.54 Å². The maximum atomic E-state index is 11.3. The molecule has 0 spiro atoms. The summed E-state index contributed by atoms with van der Waals surface area (Å²) >= 11 is 0. The van der Waals surface area contributed by atoms with Gasteiger partial charge in [0.25, 0.3) is 0 Å². The van der Waals surface area contributed by atoms with Crippen LogP contribution >= 0.6 is 0 Å². The molecule has 2 rings (SSSR count). The van der Waals surface area contributed by atoms with Gasteiger partial charge < -0.3 is 11.1 Å². The molecule has 3 nitrogen and oxygen atoms in total. The SMILES string of the molecule is NCC1C(=O)Nc2ccccc21. The molecule has 0 aliphatic carbocycles.